The molecule has 1 unspecified atom stereocenters. The molecule has 2 rings (SSSR count). The molecule has 26 heavy (non-hydrogen) atoms. The number of hydrogen-bond acceptors (Lipinski definition) is 6. The van der Waals surface area contributed by atoms with Gasteiger partial charge in [-0.2, -0.15) is 0 Å². The summed E-state index contributed by atoms with van der Waals surface area (Å²) in [5, 5.41) is 6.07. The van der Waals surface area contributed by atoms with Crippen LogP contribution >= 0.6 is 0 Å². The lowest BCUT2D eigenvalue weighted by Gasteiger charge is -2.13. The van der Waals surface area contributed by atoms with E-state index in [1.54, 1.807) is 20.3 Å². The van der Waals surface area contributed by atoms with Gasteiger partial charge in [0.15, 0.2) is 11.5 Å². The molecule has 0 aliphatic rings. The van der Waals surface area contributed by atoms with Gasteiger partial charge in [0.2, 0.25) is 5.95 Å². The SMILES string of the molecule is CCC(C)NC(=O)c1cc(C)nc(NCc2ccc(OC)c(OC)c2)n1. The molecule has 0 fully saturated rings. The van der Waals surface area contributed by atoms with Gasteiger partial charge in [0.05, 0.1) is 14.2 Å². The normalized spacial score (nSPS) is 11.6. The molecule has 140 valence electrons. The lowest BCUT2D eigenvalue weighted by atomic mass is 10.2. The van der Waals surface area contributed by atoms with E-state index in [4.69, 9.17) is 9.47 Å². The standard InChI is InChI=1S/C19H26N4O3/c1-6-12(2)21-18(24)15-9-13(3)22-19(23-15)20-11-14-7-8-16(25-4)17(10-14)26-5/h7-10,12H,6,11H2,1-5H3,(H,21,24)(H,20,22,23). The fourth-order valence-electron chi connectivity index (χ4n) is 2.34. The highest BCUT2D eigenvalue weighted by Crippen LogP contribution is 2.27. The zero-order valence-corrected chi connectivity index (χ0v) is 15.9. The van der Waals surface area contributed by atoms with Gasteiger partial charge in [-0.15, -0.1) is 0 Å². The first kappa shape index (κ1) is 19.5. The smallest absolute Gasteiger partial charge is 0.270 e. The van der Waals surface area contributed by atoms with Crippen molar-refractivity contribution in [3.63, 3.8) is 0 Å². The maximum absolute atomic E-state index is 12.3. The Morgan fingerprint density at radius 3 is 2.54 bits per heavy atom. The van der Waals surface area contributed by atoms with Crippen molar-refractivity contribution in [3.05, 3.63) is 41.2 Å². The van der Waals surface area contributed by atoms with Gasteiger partial charge in [0.1, 0.15) is 5.69 Å². The second-order valence-corrected chi connectivity index (χ2v) is 6.04. The first-order valence-corrected chi connectivity index (χ1v) is 8.58. The van der Waals surface area contributed by atoms with E-state index < -0.39 is 0 Å². The number of carbonyl (C=O) groups excluding carboxylic acids is 1. The van der Waals surface area contributed by atoms with E-state index in [0.29, 0.717) is 29.7 Å². The highest BCUT2D eigenvalue weighted by atomic mass is 16.5. The van der Waals surface area contributed by atoms with E-state index in [9.17, 15) is 4.79 Å². The molecule has 0 saturated carbocycles. The van der Waals surface area contributed by atoms with E-state index in [1.165, 1.54) is 0 Å². The maximum Gasteiger partial charge on any atom is 0.270 e. The minimum absolute atomic E-state index is 0.0981. The van der Waals surface area contributed by atoms with Crippen molar-refractivity contribution in [2.45, 2.75) is 39.8 Å². The van der Waals surface area contributed by atoms with Crippen LogP contribution in [0.25, 0.3) is 0 Å². The van der Waals surface area contributed by atoms with Gasteiger partial charge in [-0.25, -0.2) is 9.97 Å². The highest BCUT2D eigenvalue weighted by Gasteiger charge is 2.13. The van der Waals surface area contributed by atoms with Crippen LogP contribution in [0.4, 0.5) is 5.95 Å². The van der Waals surface area contributed by atoms with E-state index in [0.717, 1.165) is 17.7 Å². The molecule has 0 bridgehead atoms. The average molecular weight is 358 g/mol. The molecule has 1 aromatic carbocycles. The third-order valence-electron chi connectivity index (χ3n) is 3.98. The molecule has 1 atom stereocenters. The molecule has 7 heteroatoms. The molecule has 1 amide bonds. The van der Waals surface area contributed by atoms with Gasteiger partial charge in [-0.3, -0.25) is 4.79 Å². The Bertz CT molecular complexity index is 764. The summed E-state index contributed by atoms with van der Waals surface area (Å²) in [4.78, 5) is 21.0. The Labute approximate surface area is 154 Å². The van der Waals surface area contributed by atoms with Crippen LogP contribution in [0.5, 0.6) is 11.5 Å². The third kappa shape index (κ3) is 5.08. The van der Waals surface area contributed by atoms with Crippen LogP contribution in [0, 0.1) is 6.92 Å². The summed E-state index contributed by atoms with van der Waals surface area (Å²) in [5.41, 5.74) is 2.06. The van der Waals surface area contributed by atoms with Crippen LogP contribution in [0.1, 0.15) is 42.0 Å². The molecule has 0 spiro atoms. The molecule has 1 heterocycles. The number of nitrogens with zero attached hydrogens (tertiary/aromatic N) is 2. The minimum Gasteiger partial charge on any atom is -0.493 e. The summed E-state index contributed by atoms with van der Waals surface area (Å²) >= 11 is 0. The van der Waals surface area contributed by atoms with Crippen molar-refractivity contribution >= 4 is 11.9 Å². The fourth-order valence-corrected chi connectivity index (χ4v) is 2.34. The minimum atomic E-state index is -0.195. The number of benzene rings is 1. The lowest BCUT2D eigenvalue weighted by Crippen LogP contribution is -2.32. The van der Waals surface area contributed by atoms with Crippen LogP contribution in [0.3, 0.4) is 0 Å². The first-order valence-electron chi connectivity index (χ1n) is 8.58. The van der Waals surface area contributed by atoms with E-state index in [-0.39, 0.29) is 11.9 Å². The molecule has 0 aliphatic heterocycles. The molecule has 0 saturated heterocycles. The molecule has 0 aliphatic carbocycles. The van der Waals surface area contributed by atoms with Gasteiger partial charge in [-0.1, -0.05) is 13.0 Å². The number of rotatable bonds is 8. The number of amides is 1. The van der Waals surface area contributed by atoms with E-state index in [1.807, 2.05) is 39.0 Å². The number of methoxy groups -OCH3 is 2. The van der Waals surface area contributed by atoms with Gasteiger partial charge in [0.25, 0.3) is 5.91 Å². The highest BCUT2D eigenvalue weighted by molar-refractivity contribution is 5.92. The van der Waals surface area contributed by atoms with Gasteiger partial charge in [-0.05, 0) is 44.0 Å². The topological polar surface area (TPSA) is 85.4 Å². The molecule has 1 aromatic heterocycles. The summed E-state index contributed by atoms with van der Waals surface area (Å²) in [5.74, 6) is 1.55. The van der Waals surface area contributed by atoms with Crippen molar-refractivity contribution in [1.29, 1.82) is 0 Å². The Hall–Kier alpha value is -2.83. The fraction of sp³-hybridized carbons (Fsp3) is 0.421. The van der Waals surface area contributed by atoms with Gasteiger partial charge >= 0.3 is 0 Å². The van der Waals surface area contributed by atoms with E-state index in [2.05, 4.69) is 20.6 Å². The zero-order valence-electron chi connectivity index (χ0n) is 15.9. The second-order valence-electron chi connectivity index (χ2n) is 6.04. The second kappa shape index (κ2) is 9.03. The monoisotopic (exact) mass is 358 g/mol. The van der Waals surface area contributed by atoms with Crippen LogP contribution in [-0.4, -0.2) is 36.1 Å². The van der Waals surface area contributed by atoms with Crippen molar-refractivity contribution in [1.82, 2.24) is 15.3 Å². The number of hydrogen-bond donors (Lipinski definition) is 2. The molecular weight excluding hydrogens is 332 g/mol. The molecule has 7 nitrogen and oxygen atoms in total. The molecule has 0 radical (unpaired) electrons. The van der Waals surface area contributed by atoms with Gasteiger partial charge < -0.3 is 20.1 Å². The lowest BCUT2D eigenvalue weighted by molar-refractivity contribution is 0.0934. The van der Waals surface area contributed by atoms with Crippen LogP contribution in [0.15, 0.2) is 24.3 Å². The molecule has 2 aromatic rings. The number of carbonyl (C=O) groups is 1. The van der Waals surface area contributed by atoms with Crippen LogP contribution in [0.2, 0.25) is 0 Å². The number of nitrogens with one attached hydrogen (secondary N) is 2. The number of aryl methyl sites for hydroxylation is 1. The van der Waals surface area contributed by atoms with Crippen molar-refractivity contribution in [2.75, 3.05) is 19.5 Å². The predicted octanol–water partition coefficient (Wildman–Crippen LogP) is 2.94. The predicted molar refractivity (Wildman–Crippen MR) is 101 cm³/mol. The Morgan fingerprint density at radius 2 is 1.88 bits per heavy atom. The maximum atomic E-state index is 12.3. The average Bonchev–Trinajstić information content (AvgIpc) is 2.65. The zero-order chi connectivity index (χ0) is 19.1. The number of anilines is 1. The van der Waals surface area contributed by atoms with Crippen molar-refractivity contribution in [2.24, 2.45) is 0 Å². The largest absolute Gasteiger partial charge is 0.493 e. The number of aromatic nitrogens is 2. The van der Waals surface area contributed by atoms with Crippen molar-refractivity contribution < 1.29 is 14.3 Å². The summed E-state index contributed by atoms with van der Waals surface area (Å²) < 4.78 is 10.5. The summed E-state index contributed by atoms with van der Waals surface area (Å²) in [6.45, 7) is 6.31. The van der Waals surface area contributed by atoms with Gasteiger partial charge in [0, 0.05) is 18.3 Å². The Balaban J connectivity index is 2.11. The van der Waals surface area contributed by atoms with E-state index >= 15 is 0 Å². The molecule has 2 N–H and O–H groups in total. The quantitative estimate of drug-likeness (QED) is 0.755. The van der Waals surface area contributed by atoms with Crippen molar-refractivity contribution in [3.8, 4) is 11.5 Å². The number of ether oxygens (including phenoxy) is 2. The van der Waals surface area contributed by atoms with Crippen LogP contribution < -0.4 is 20.1 Å². The summed E-state index contributed by atoms with van der Waals surface area (Å²) in [6, 6.07) is 7.44. The Morgan fingerprint density at radius 1 is 1.15 bits per heavy atom. The Kier molecular flexibility index (Phi) is 6.77. The van der Waals surface area contributed by atoms with Crippen LogP contribution in [-0.2, 0) is 6.54 Å². The summed E-state index contributed by atoms with van der Waals surface area (Å²) in [7, 11) is 3.20. The first-order chi connectivity index (χ1) is 12.5. The summed E-state index contributed by atoms with van der Waals surface area (Å²) in [6.07, 6.45) is 0.861. The molecular formula is C19H26N4O3. The third-order valence-corrected chi connectivity index (χ3v) is 3.98.